The molecule has 0 amide bonds. The molecule has 1 fully saturated rings. The van der Waals surface area contributed by atoms with Gasteiger partial charge in [-0.05, 0) is 61.4 Å². The number of nitrogens with zero attached hydrogens (tertiary/aromatic N) is 1. The fourth-order valence-corrected chi connectivity index (χ4v) is 5.70. The fraction of sp³-hybridized carbons (Fsp3) is 0.346. The average Bonchev–Trinajstić information content (AvgIpc) is 3.41. The van der Waals surface area contributed by atoms with Gasteiger partial charge in [0.2, 0.25) is 0 Å². The van der Waals surface area contributed by atoms with Gasteiger partial charge in [0.25, 0.3) is 0 Å². The Hall–Kier alpha value is -3.00. The van der Waals surface area contributed by atoms with Crippen molar-refractivity contribution in [1.82, 2.24) is 4.98 Å². The summed E-state index contributed by atoms with van der Waals surface area (Å²) in [5.74, 6) is -1.12. The Morgan fingerprint density at radius 1 is 1.06 bits per heavy atom. The third kappa shape index (κ3) is 4.51. The number of hydrogen-bond donors (Lipinski definition) is 1. The van der Waals surface area contributed by atoms with Crippen LogP contribution in [0.4, 0.5) is 13.2 Å². The number of carboxylic acids is 1. The van der Waals surface area contributed by atoms with Gasteiger partial charge in [0.1, 0.15) is 5.01 Å². The van der Waals surface area contributed by atoms with Crippen molar-refractivity contribution in [2.75, 3.05) is 0 Å². The number of aromatic nitrogens is 1. The SMILES string of the molecule is O=C(CCc1sc(-c2ccc(C(F)(F)F)cc2)nc1C1CC1)c1ccc2c(c1)C(C(=O)O)CC2. The minimum Gasteiger partial charge on any atom is -0.481 e. The van der Waals surface area contributed by atoms with Crippen molar-refractivity contribution in [2.45, 2.75) is 56.5 Å². The van der Waals surface area contributed by atoms with E-state index in [-0.39, 0.29) is 12.2 Å². The molecule has 2 aromatic carbocycles. The van der Waals surface area contributed by atoms with Gasteiger partial charge in [0, 0.05) is 28.3 Å². The Bertz CT molecular complexity index is 1260. The first-order valence-corrected chi connectivity index (χ1v) is 12.1. The lowest BCUT2D eigenvalue weighted by Gasteiger charge is -2.08. The monoisotopic (exact) mass is 485 g/mol. The number of alkyl halides is 3. The van der Waals surface area contributed by atoms with E-state index in [2.05, 4.69) is 0 Å². The normalized spacial score (nSPS) is 17.6. The molecule has 4 nitrogen and oxygen atoms in total. The molecule has 0 radical (unpaired) electrons. The Balaban J connectivity index is 1.33. The number of halogens is 3. The first-order chi connectivity index (χ1) is 16.2. The highest BCUT2D eigenvalue weighted by Crippen LogP contribution is 2.45. The van der Waals surface area contributed by atoms with Crippen molar-refractivity contribution >= 4 is 23.1 Å². The first kappa shape index (κ1) is 22.8. The Kier molecular flexibility index (Phi) is 5.80. The molecule has 0 saturated heterocycles. The van der Waals surface area contributed by atoms with Gasteiger partial charge in [-0.25, -0.2) is 4.98 Å². The van der Waals surface area contributed by atoms with E-state index >= 15 is 0 Å². The van der Waals surface area contributed by atoms with Crippen LogP contribution < -0.4 is 0 Å². The predicted molar refractivity (Wildman–Crippen MR) is 122 cm³/mol. The van der Waals surface area contributed by atoms with E-state index in [4.69, 9.17) is 4.98 Å². The van der Waals surface area contributed by atoms with Crippen LogP contribution in [-0.2, 0) is 23.8 Å². The molecular weight excluding hydrogens is 463 g/mol. The van der Waals surface area contributed by atoms with Gasteiger partial charge in [-0.1, -0.05) is 24.3 Å². The van der Waals surface area contributed by atoms with Gasteiger partial charge in [-0.2, -0.15) is 13.2 Å². The zero-order valence-electron chi connectivity index (χ0n) is 18.2. The van der Waals surface area contributed by atoms with Gasteiger partial charge >= 0.3 is 12.1 Å². The maximum atomic E-state index is 12.9. The number of ketones is 1. The summed E-state index contributed by atoms with van der Waals surface area (Å²) in [7, 11) is 0. The molecule has 1 aromatic heterocycles. The molecule has 0 bridgehead atoms. The predicted octanol–water partition coefficient (Wildman–Crippen LogP) is 6.64. The van der Waals surface area contributed by atoms with Crippen LogP contribution in [0.1, 0.15) is 75.1 Å². The van der Waals surface area contributed by atoms with Gasteiger partial charge < -0.3 is 5.11 Å². The van der Waals surface area contributed by atoms with Crippen LogP contribution in [-0.4, -0.2) is 21.8 Å². The summed E-state index contributed by atoms with van der Waals surface area (Å²) >= 11 is 1.43. The molecule has 2 aliphatic rings. The second-order valence-electron chi connectivity index (χ2n) is 8.94. The van der Waals surface area contributed by atoms with Crippen LogP contribution in [0.15, 0.2) is 42.5 Å². The number of carbonyl (C=O) groups is 2. The van der Waals surface area contributed by atoms with E-state index < -0.39 is 23.6 Å². The first-order valence-electron chi connectivity index (χ1n) is 11.3. The molecule has 0 spiro atoms. The van der Waals surface area contributed by atoms with Crippen LogP contribution in [0.3, 0.4) is 0 Å². The maximum Gasteiger partial charge on any atom is 0.416 e. The smallest absolute Gasteiger partial charge is 0.416 e. The molecule has 1 N–H and O–H groups in total. The molecule has 0 aliphatic heterocycles. The van der Waals surface area contributed by atoms with Crippen molar-refractivity contribution in [1.29, 1.82) is 0 Å². The molecule has 1 atom stereocenters. The van der Waals surface area contributed by atoms with E-state index in [1.807, 2.05) is 6.07 Å². The van der Waals surface area contributed by atoms with Crippen LogP contribution in [0, 0.1) is 0 Å². The van der Waals surface area contributed by atoms with Crippen molar-refractivity contribution in [3.05, 3.63) is 75.3 Å². The third-order valence-electron chi connectivity index (χ3n) is 6.57. The summed E-state index contributed by atoms with van der Waals surface area (Å²) in [4.78, 5) is 30.2. The number of carbonyl (C=O) groups excluding carboxylic acids is 1. The number of Topliss-reactive ketones (excluding diaryl/α,β-unsaturated/α-hetero) is 1. The van der Waals surface area contributed by atoms with Gasteiger partial charge in [-0.15, -0.1) is 11.3 Å². The van der Waals surface area contributed by atoms with Crippen LogP contribution in [0.2, 0.25) is 0 Å². The Labute approximate surface area is 198 Å². The Morgan fingerprint density at radius 3 is 2.44 bits per heavy atom. The second-order valence-corrected chi connectivity index (χ2v) is 10.0. The Morgan fingerprint density at radius 2 is 1.79 bits per heavy atom. The molecule has 2 aliphatic carbocycles. The summed E-state index contributed by atoms with van der Waals surface area (Å²) in [6, 6.07) is 10.4. The van der Waals surface area contributed by atoms with Crippen molar-refractivity contribution < 1.29 is 27.9 Å². The quantitative estimate of drug-likeness (QED) is 0.381. The zero-order valence-corrected chi connectivity index (χ0v) is 19.0. The van der Waals surface area contributed by atoms with Crippen LogP contribution in [0.5, 0.6) is 0 Å². The molecule has 1 unspecified atom stereocenters. The molecular formula is C26H22F3NO3S. The lowest BCUT2D eigenvalue weighted by atomic mass is 9.96. The summed E-state index contributed by atoms with van der Waals surface area (Å²) < 4.78 is 38.6. The largest absolute Gasteiger partial charge is 0.481 e. The number of fused-ring (bicyclic) bond motifs is 1. The second kappa shape index (κ2) is 8.65. The average molecular weight is 486 g/mol. The van der Waals surface area contributed by atoms with Crippen molar-refractivity contribution in [3.63, 3.8) is 0 Å². The zero-order chi connectivity index (χ0) is 24.0. The fourth-order valence-electron chi connectivity index (χ4n) is 4.55. The minimum absolute atomic E-state index is 0.0509. The summed E-state index contributed by atoms with van der Waals surface area (Å²) in [6.07, 6.45) is -0.293. The topological polar surface area (TPSA) is 67.3 Å². The molecule has 8 heteroatoms. The number of hydrogen-bond acceptors (Lipinski definition) is 4. The molecule has 5 rings (SSSR count). The van der Waals surface area contributed by atoms with Crippen molar-refractivity contribution in [2.24, 2.45) is 0 Å². The summed E-state index contributed by atoms with van der Waals surface area (Å²) in [5, 5.41) is 10.1. The number of thiazole rings is 1. The number of rotatable bonds is 7. The third-order valence-corrected chi connectivity index (χ3v) is 7.75. The molecule has 1 saturated carbocycles. The van der Waals surface area contributed by atoms with Crippen LogP contribution in [0.25, 0.3) is 10.6 Å². The van der Waals surface area contributed by atoms with E-state index in [9.17, 15) is 27.9 Å². The highest BCUT2D eigenvalue weighted by atomic mass is 32.1. The minimum atomic E-state index is -4.38. The lowest BCUT2D eigenvalue weighted by molar-refractivity contribution is -0.139. The lowest BCUT2D eigenvalue weighted by Crippen LogP contribution is -2.09. The standard InChI is InChI=1S/C26H22F3NO3S/c27-26(28,29)18-8-5-16(6-9-18)24-30-23(15-2-3-15)22(34-24)12-11-21(31)17-4-1-14-7-10-19(25(32)33)20(14)13-17/h1,4-6,8-9,13,15,19H,2-3,7,10-12H2,(H,32,33). The number of aliphatic carboxylic acids is 1. The van der Waals surface area contributed by atoms with Crippen LogP contribution >= 0.6 is 11.3 Å². The number of carboxylic acid groups (broad SMARTS) is 1. The van der Waals surface area contributed by atoms with E-state index in [0.717, 1.165) is 46.7 Å². The summed E-state index contributed by atoms with van der Waals surface area (Å²) in [5.41, 5.74) is 3.14. The summed E-state index contributed by atoms with van der Waals surface area (Å²) in [6.45, 7) is 0. The van der Waals surface area contributed by atoms with E-state index in [1.54, 1.807) is 12.1 Å². The molecule has 34 heavy (non-hydrogen) atoms. The number of aryl methyl sites for hydroxylation is 2. The highest BCUT2D eigenvalue weighted by molar-refractivity contribution is 7.15. The van der Waals surface area contributed by atoms with E-state index in [0.29, 0.717) is 41.3 Å². The molecule has 1 heterocycles. The van der Waals surface area contributed by atoms with Gasteiger partial charge in [-0.3, -0.25) is 9.59 Å². The molecule has 176 valence electrons. The van der Waals surface area contributed by atoms with E-state index in [1.165, 1.54) is 23.5 Å². The van der Waals surface area contributed by atoms with Gasteiger partial charge in [0.05, 0.1) is 17.2 Å². The van der Waals surface area contributed by atoms with Gasteiger partial charge in [0.15, 0.2) is 5.78 Å². The maximum absolute atomic E-state index is 12.9. The van der Waals surface area contributed by atoms with Crippen molar-refractivity contribution in [3.8, 4) is 10.6 Å². The highest BCUT2D eigenvalue weighted by Gasteiger charge is 2.32. The molecule has 3 aromatic rings. The number of benzene rings is 2.